The van der Waals surface area contributed by atoms with Crippen molar-refractivity contribution in [3.05, 3.63) is 41.2 Å². The van der Waals surface area contributed by atoms with Gasteiger partial charge in [0, 0.05) is 25.3 Å². The molecule has 0 spiro atoms. The molecular formula is C12H15F2N5O. The van der Waals surface area contributed by atoms with E-state index in [2.05, 4.69) is 20.8 Å². The number of methoxy groups -OCH3 is 1. The Kier molecular flexibility index (Phi) is 5.08. The molecule has 0 atom stereocenters. The Bertz CT molecular complexity index is 561. The van der Waals surface area contributed by atoms with Crippen LogP contribution < -0.4 is 5.32 Å². The van der Waals surface area contributed by atoms with E-state index >= 15 is 0 Å². The minimum atomic E-state index is -0.612. The minimum absolute atomic E-state index is 0.153. The highest BCUT2D eigenvalue weighted by Gasteiger charge is 2.10. The summed E-state index contributed by atoms with van der Waals surface area (Å²) in [5, 5.41) is 14.3. The first kappa shape index (κ1) is 14.5. The molecule has 0 aliphatic carbocycles. The fourth-order valence-electron chi connectivity index (χ4n) is 1.66. The average molecular weight is 283 g/mol. The zero-order chi connectivity index (χ0) is 14.4. The molecule has 0 saturated carbocycles. The molecule has 0 aliphatic heterocycles. The molecule has 0 amide bonds. The first-order chi connectivity index (χ1) is 9.70. The molecule has 0 radical (unpaired) electrons. The lowest BCUT2D eigenvalue weighted by atomic mass is 10.2. The summed E-state index contributed by atoms with van der Waals surface area (Å²) in [6.45, 7) is 1.84. The van der Waals surface area contributed by atoms with Crippen molar-refractivity contribution in [1.82, 2.24) is 25.5 Å². The van der Waals surface area contributed by atoms with Crippen molar-refractivity contribution in [2.24, 2.45) is 0 Å². The van der Waals surface area contributed by atoms with Gasteiger partial charge >= 0.3 is 0 Å². The molecule has 6 nitrogen and oxygen atoms in total. The second kappa shape index (κ2) is 7.01. The molecule has 2 aromatic rings. The Labute approximate surface area is 114 Å². The molecule has 0 bridgehead atoms. The zero-order valence-corrected chi connectivity index (χ0v) is 11.0. The van der Waals surface area contributed by atoms with Crippen molar-refractivity contribution < 1.29 is 13.5 Å². The van der Waals surface area contributed by atoms with E-state index in [9.17, 15) is 8.78 Å². The van der Waals surface area contributed by atoms with Crippen LogP contribution >= 0.6 is 0 Å². The van der Waals surface area contributed by atoms with E-state index in [1.165, 1.54) is 16.8 Å². The summed E-state index contributed by atoms with van der Waals surface area (Å²) in [7, 11) is 1.61. The average Bonchev–Trinajstić information content (AvgIpc) is 2.85. The molecule has 0 saturated heterocycles. The normalized spacial score (nSPS) is 10.9. The Balaban J connectivity index is 2.01. The zero-order valence-electron chi connectivity index (χ0n) is 11.0. The van der Waals surface area contributed by atoms with Crippen LogP contribution in [0.5, 0.6) is 0 Å². The predicted molar refractivity (Wildman–Crippen MR) is 66.9 cm³/mol. The molecule has 1 N–H and O–H groups in total. The van der Waals surface area contributed by atoms with E-state index in [-0.39, 0.29) is 6.54 Å². The Morgan fingerprint density at radius 1 is 1.35 bits per heavy atom. The SMILES string of the molecule is COCCNCc1nnnn1Cc1ccc(F)cc1F. The maximum absolute atomic E-state index is 13.6. The van der Waals surface area contributed by atoms with Gasteiger partial charge in [-0.15, -0.1) is 5.10 Å². The predicted octanol–water partition coefficient (Wildman–Crippen LogP) is 0.736. The van der Waals surface area contributed by atoms with Crippen LogP contribution in [0.15, 0.2) is 18.2 Å². The van der Waals surface area contributed by atoms with Crippen molar-refractivity contribution in [2.75, 3.05) is 20.3 Å². The van der Waals surface area contributed by atoms with E-state index in [0.29, 0.717) is 31.1 Å². The number of hydrogen-bond donors (Lipinski definition) is 1. The van der Waals surface area contributed by atoms with Crippen LogP contribution in [0.3, 0.4) is 0 Å². The molecule has 108 valence electrons. The number of hydrogen-bond acceptors (Lipinski definition) is 5. The van der Waals surface area contributed by atoms with E-state index in [1.807, 2.05) is 0 Å². The van der Waals surface area contributed by atoms with Crippen LogP contribution in [0.25, 0.3) is 0 Å². The molecule has 1 heterocycles. The van der Waals surface area contributed by atoms with Gasteiger partial charge in [-0.1, -0.05) is 6.07 Å². The molecule has 0 aliphatic rings. The summed E-state index contributed by atoms with van der Waals surface area (Å²) in [6.07, 6.45) is 0. The third-order valence-corrected chi connectivity index (χ3v) is 2.71. The first-order valence-electron chi connectivity index (χ1n) is 6.09. The Morgan fingerprint density at radius 3 is 2.95 bits per heavy atom. The molecule has 0 unspecified atom stereocenters. The van der Waals surface area contributed by atoms with Crippen molar-refractivity contribution >= 4 is 0 Å². The number of halogens is 2. The highest BCUT2D eigenvalue weighted by atomic mass is 19.1. The van der Waals surface area contributed by atoms with Gasteiger partial charge in [-0.25, -0.2) is 13.5 Å². The van der Waals surface area contributed by atoms with Crippen molar-refractivity contribution in [2.45, 2.75) is 13.1 Å². The van der Waals surface area contributed by atoms with Gasteiger partial charge in [0.1, 0.15) is 11.6 Å². The fraction of sp³-hybridized carbons (Fsp3) is 0.417. The first-order valence-corrected chi connectivity index (χ1v) is 6.09. The summed E-state index contributed by atoms with van der Waals surface area (Å²) >= 11 is 0. The second-order valence-corrected chi connectivity index (χ2v) is 4.16. The number of rotatable bonds is 7. The quantitative estimate of drug-likeness (QED) is 0.759. The van der Waals surface area contributed by atoms with Crippen LogP contribution in [0.4, 0.5) is 8.78 Å². The molecular weight excluding hydrogens is 268 g/mol. The smallest absolute Gasteiger partial charge is 0.165 e. The van der Waals surface area contributed by atoms with E-state index in [4.69, 9.17) is 4.74 Å². The van der Waals surface area contributed by atoms with Gasteiger partial charge in [-0.3, -0.25) is 0 Å². The number of aromatic nitrogens is 4. The van der Waals surface area contributed by atoms with Crippen molar-refractivity contribution in [3.63, 3.8) is 0 Å². The molecule has 1 aromatic carbocycles. The lowest BCUT2D eigenvalue weighted by Gasteiger charge is -2.07. The van der Waals surface area contributed by atoms with Gasteiger partial charge in [0.05, 0.1) is 19.7 Å². The highest BCUT2D eigenvalue weighted by Crippen LogP contribution is 2.11. The van der Waals surface area contributed by atoms with Crippen LogP contribution in [0, 0.1) is 11.6 Å². The molecule has 8 heteroatoms. The van der Waals surface area contributed by atoms with E-state index < -0.39 is 11.6 Å². The Morgan fingerprint density at radius 2 is 2.20 bits per heavy atom. The Hall–Kier alpha value is -1.93. The van der Waals surface area contributed by atoms with E-state index in [1.54, 1.807) is 7.11 Å². The third kappa shape index (κ3) is 3.78. The van der Waals surface area contributed by atoms with Crippen molar-refractivity contribution in [1.29, 1.82) is 0 Å². The minimum Gasteiger partial charge on any atom is -0.383 e. The fourth-order valence-corrected chi connectivity index (χ4v) is 1.66. The molecule has 20 heavy (non-hydrogen) atoms. The van der Waals surface area contributed by atoms with E-state index in [0.717, 1.165) is 6.07 Å². The van der Waals surface area contributed by atoms with Crippen LogP contribution in [0.2, 0.25) is 0 Å². The topological polar surface area (TPSA) is 64.9 Å². The highest BCUT2D eigenvalue weighted by molar-refractivity contribution is 5.18. The van der Waals surface area contributed by atoms with Gasteiger partial charge in [0.2, 0.25) is 0 Å². The standard InChI is InChI=1S/C12H15F2N5O/c1-20-5-4-15-7-12-16-17-18-19(12)8-9-2-3-10(13)6-11(9)14/h2-3,6,15H,4-5,7-8H2,1H3. The van der Waals surface area contributed by atoms with Crippen molar-refractivity contribution in [3.8, 4) is 0 Å². The molecule has 1 aromatic heterocycles. The summed E-state index contributed by atoms with van der Waals surface area (Å²) in [6, 6.07) is 3.43. The number of ether oxygens (including phenoxy) is 1. The van der Waals surface area contributed by atoms with Crippen LogP contribution in [-0.4, -0.2) is 40.5 Å². The largest absolute Gasteiger partial charge is 0.383 e. The summed E-state index contributed by atoms with van der Waals surface area (Å²) in [4.78, 5) is 0. The second-order valence-electron chi connectivity index (χ2n) is 4.16. The van der Waals surface area contributed by atoms with Gasteiger partial charge < -0.3 is 10.1 Å². The number of nitrogens with one attached hydrogen (secondary N) is 1. The lowest BCUT2D eigenvalue weighted by Crippen LogP contribution is -2.21. The summed E-state index contributed by atoms with van der Waals surface area (Å²) in [5.41, 5.74) is 0.330. The van der Waals surface area contributed by atoms with Gasteiger partial charge in [-0.2, -0.15) is 0 Å². The number of benzene rings is 1. The third-order valence-electron chi connectivity index (χ3n) is 2.71. The van der Waals surface area contributed by atoms with Gasteiger partial charge in [-0.05, 0) is 16.5 Å². The lowest BCUT2D eigenvalue weighted by molar-refractivity contribution is 0.198. The maximum Gasteiger partial charge on any atom is 0.165 e. The number of nitrogens with zero attached hydrogens (tertiary/aromatic N) is 4. The number of tetrazole rings is 1. The maximum atomic E-state index is 13.6. The summed E-state index contributed by atoms with van der Waals surface area (Å²) < 4.78 is 32.8. The van der Waals surface area contributed by atoms with Crippen LogP contribution in [-0.2, 0) is 17.8 Å². The monoisotopic (exact) mass is 283 g/mol. The van der Waals surface area contributed by atoms with Gasteiger partial charge in [0.15, 0.2) is 5.82 Å². The van der Waals surface area contributed by atoms with Crippen LogP contribution in [0.1, 0.15) is 11.4 Å². The molecule has 0 fully saturated rings. The molecule has 2 rings (SSSR count). The summed E-state index contributed by atoms with van der Waals surface area (Å²) in [5.74, 6) is -0.645. The van der Waals surface area contributed by atoms with Gasteiger partial charge in [0.25, 0.3) is 0 Å².